The maximum atomic E-state index is 12.8. The zero-order valence-corrected chi connectivity index (χ0v) is 44.3. The van der Waals surface area contributed by atoms with Gasteiger partial charge in [0.1, 0.15) is 13.2 Å². The molecule has 0 aromatic rings. The molecular weight excluding hydrogens is 853 g/mol. The fourth-order valence-electron chi connectivity index (χ4n) is 6.93. The molecule has 6 heteroatoms. The number of carbonyl (C=O) groups is 3. The Labute approximate surface area is 424 Å². The van der Waals surface area contributed by atoms with Crippen molar-refractivity contribution in [2.45, 2.75) is 232 Å². The normalized spacial score (nSPS) is 12.8. The molecule has 0 spiro atoms. The van der Waals surface area contributed by atoms with E-state index in [2.05, 4.69) is 130 Å². The van der Waals surface area contributed by atoms with Gasteiger partial charge >= 0.3 is 17.9 Å². The number of hydrogen-bond acceptors (Lipinski definition) is 6. The average molecular weight is 953 g/mol. The fourth-order valence-corrected chi connectivity index (χ4v) is 6.93. The highest BCUT2D eigenvalue weighted by molar-refractivity contribution is 5.71. The molecule has 6 nitrogen and oxygen atoms in total. The number of rotatable bonds is 48. The van der Waals surface area contributed by atoms with E-state index >= 15 is 0 Å². The number of unbranched alkanes of at least 4 members (excludes halogenated alkanes) is 15. The largest absolute Gasteiger partial charge is 0.462 e. The van der Waals surface area contributed by atoms with Gasteiger partial charge in [0.05, 0.1) is 0 Å². The summed E-state index contributed by atoms with van der Waals surface area (Å²) in [6.45, 7) is 6.41. The molecule has 0 aliphatic heterocycles. The highest BCUT2D eigenvalue weighted by atomic mass is 16.6. The van der Waals surface area contributed by atoms with Gasteiger partial charge in [-0.3, -0.25) is 14.4 Å². The number of esters is 3. The Kier molecular flexibility index (Phi) is 52.5. The first kappa shape index (κ1) is 64.5. The summed E-state index contributed by atoms with van der Waals surface area (Å²) in [7, 11) is 0. The summed E-state index contributed by atoms with van der Waals surface area (Å²) >= 11 is 0. The monoisotopic (exact) mass is 953 g/mol. The predicted molar refractivity (Wildman–Crippen MR) is 297 cm³/mol. The summed E-state index contributed by atoms with van der Waals surface area (Å²) in [5, 5.41) is 0. The van der Waals surface area contributed by atoms with E-state index < -0.39 is 6.10 Å². The van der Waals surface area contributed by atoms with Crippen LogP contribution in [0.15, 0.2) is 134 Å². The van der Waals surface area contributed by atoms with Gasteiger partial charge < -0.3 is 14.2 Å². The van der Waals surface area contributed by atoms with Gasteiger partial charge in [-0.1, -0.05) is 219 Å². The van der Waals surface area contributed by atoms with Crippen LogP contribution in [0.5, 0.6) is 0 Å². The van der Waals surface area contributed by atoms with Crippen molar-refractivity contribution in [2.24, 2.45) is 0 Å². The lowest BCUT2D eigenvalue weighted by Crippen LogP contribution is -2.30. The van der Waals surface area contributed by atoms with Crippen LogP contribution in [-0.2, 0) is 28.6 Å². The van der Waals surface area contributed by atoms with Gasteiger partial charge in [-0.05, 0) is 122 Å². The van der Waals surface area contributed by atoms with Gasteiger partial charge in [0, 0.05) is 19.3 Å². The molecule has 0 aliphatic rings. The Bertz CT molecular complexity index is 1430. The first-order valence-corrected chi connectivity index (χ1v) is 27.7. The predicted octanol–water partition coefficient (Wildman–Crippen LogP) is 18.6. The zero-order valence-electron chi connectivity index (χ0n) is 44.3. The van der Waals surface area contributed by atoms with Crippen molar-refractivity contribution in [1.82, 2.24) is 0 Å². The molecule has 69 heavy (non-hydrogen) atoms. The minimum atomic E-state index is -0.847. The van der Waals surface area contributed by atoms with E-state index in [0.29, 0.717) is 12.8 Å². The van der Waals surface area contributed by atoms with Gasteiger partial charge in [0.2, 0.25) is 0 Å². The van der Waals surface area contributed by atoms with Crippen LogP contribution >= 0.6 is 0 Å². The molecule has 0 saturated heterocycles. The Hall–Kier alpha value is -4.45. The molecule has 0 radical (unpaired) electrons. The van der Waals surface area contributed by atoms with Crippen molar-refractivity contribution >= 4 is 17.9 Å². The van der Waals surface area contributed by atoms with Crippen LogP contribution in [0.3, 0.4) is 0 Å². The molecular formula is C63H100O6. The maximum Gasteiger partial charge on any atom is 0.306 e. The Morgan fingerprint density at radius 2 is 0.551 bits per heavy atom. The summed E-state index contributed by atoms with van der Waals surface area (Å²) in [5.41, 5.74) is 0. The quantitative estimate of drug-likeness (QED) is 0.0262. The first-order chi connectivity index (χ1) is 34.0. The number of carbonyl (C=O) groups excluding carboxylic acids is 3. The highest BCUT2D eigenvalue weighted by Gasteiger charge is 2.19. The lowest BCUT2D eigenvalue weighted by atomic mass is 10.1. The molecule has 388 valence electrons. The summed E-state index contributed by atoms with van der Waals surface area (Å²) in [6.07, 6.45) is 78.9. The lowest BCUT2D eigenvalue weighted by molar-refractivity contribution is -0.166. The molecule has 0 atom stereocenters. The van der Waals surface area contributed by atoms with Crippen LogP contribution < -0.4 is 0 Å². The van der Waals surface area contributed by atoms with E-state index in [4.69, 9.17) is 14.2 Å². The van der Waals surface area contributed by atoms with E-state index in [1.54, 1.807) is 0 Å². The number of ether oxygens (including phenoxy) is 3. The standard InChI is InChI=1S/C63H100O6/c1-4-7-10-13-16-19-22-25-27-29-31-33-35-38-40-43-46-49-52-55-61(64)67-58-60(69-63(66)57-54-51-48-45-42-37-24-21-18-15-12-9-6-3)59-68-62(65)56-53-50-47-44-41-39-36-34-32-30-28-26-23-20-17-14-11-8-5-2/h16-17,19-21,24-28,31-34,38-41,46-47,49-50,60H,4-15,18,22-23,29-30,35-37,42-45,48,51-59H2,1-3H3/b19-16-,20-17-,24-21-,27-25-,28-26-,33-31-,34-32-,40-38-,41-39-,49-46-,50-47-. The SMILES string of the molecule is CCCCC/C=C\C/C=C\C/C=C\C/C=C\C/C=C\CCC(=O)OCC(COC(=O)CC/C=C\C/C=C\C/C=C\C/C=C\C/C=C\CCCCC)OC(=O)CCCCCCC/C=C\CCCCCC. The minimum absolute atomic E-state index is 0.148. The van der Waals surface area contributed by atoms with Crippen molar-refractivity contribution in [1.29, 1.82) is 0 Å². The highest BCUT2D eigenvalue weighted by Crippen LogP contribution is 2.12. The summed E-state index contributed by atoms with van der Waals surface area (Å²) < 4.78 is 16.7. The van der Waals surface area contributed by atoms with Crippen LogP contribution in [-0.4, -0.2) is 37.2 Å². The Balaban J connectivity index is 4.62. The molecule has 0 aliphatic carbocycles. The van der Waals surface area contributed by atoms with E-state index in [9.17, 15) is 14.4 Å². The van der Waals surface area contributed by atoms with E-state index in [-0.39, 0.29) is 50.4 Å². The summed E-state index contributed by atoms with van der Waals surface area (Å²) in [4.78, 5) is 38.0. The Morgan fingerprint density at radius 3 is 0.913 bits per heavy atom. The third-order valence-electron chi connectivity index (χ3n) is 11.1. The number of allylic oxidation sites excluding steroid dienone is 22. The molecule has 0 aromatic heterocycles. The van der Waals surface area contributed by atoms with Gasteiger partial charge in [0.15, 0.2) is 6.10 Å². The van der Waals surface area contributed by atoms with Crippen LogP contribution in [0.2, 0.25) is 0 Å². The van der Waals surface area contributed by atoms with Crippen LogP contribution in [0.4, 0.5) is 0 Å². The third kappa shape index (κ3) is 54.4. The molecule has 0 saturated carbocycles. The summed E-state index contributed by atoms with van der Waals surface area (Å²) in [6, 6.07) is 0. The Morgan fingerprint density at radius 1 is 0.290 bits per heavy atom. The maximum absolute atomic E-state index is 12.8. The van der Waals surface area contributed by atoms with Crippen molar-refractivity contribution in [3.05, 3.63) is 134 Å². The van der Waals surface area contributed by atoms with Gasteiger partial charge in [-0.25, -0.2) is 0 Å². The van der Waals surface area contributed by atoms with Crippen LogP contribution in [0, 0.1) is 0 Å². The van der Waals surface area contributed by atoms with Crippen molar-refractivity contribution in [2.75, 3.05) is 13.2 Å². The molecule has 0 amide bonds. The van der Waals surface area contributed by atoms with Gasteiger partial charge in [-0.2, -0.15) is 0 Å². The lowest BCUT2D eigenvalue weighted by Gasteiger charge is -2.18. The zero-order chi connectivity index (χ0) is 50.0. The molecule has 0 bridgehead atoms. The molecule has 0 aromatic carbocycles. The molecule has 0 rings (SSSR count). The topological polar surface area (TPSA) is 78.9 Å². The van der Waals surface area contributed by atoms with Crippen molar-refractivity contribution < 1.29 is 28.6 Å². The molecule has 0 N–H and O–H groups in total. The van der Waals surface area contributed by atoms with E-state index in [1.807, 2.05) is 24.3 Å². The smallest absolute Gasteiger partial charge is 0.306 e. The third-order valence-corrected chi connectivity index (χ3v) is 11.1. The summed E-state index contributed by atoms with van der Waals surface area (Å²) in [5.74, 6) is -1.12. The van der Waals surface area contributed by atoms with Crippen molar-refractivity contribution in [3.63, 3.8) is 0 Å². The van der Waals surface area contributed by atoms with Gasteiger partial charge in [-0.15, -0.1) is 0 Å². The second-order valence-electron chi connectivity index (χ2n) is 17.8. The number of hydrogen-bond donors (Lipinski definition) is 0. The van der Waals surface area contributed by atoms with Crippen LogP contribution in [0.1, 0.15) is 226 Å². The molecule has 0 fully saturated rings. The first-order valence-electron chi connectivity index (χ1n) is 27.7. The van der Waals surface area contributed by atoms with E-state index in [0.717, 1.165) is 89.9 Å². The average Bonchev–Trinajstić information content (AvgIpc) is 3.35. The fraction of sp³-hybridized carbons (Fsp3) is 0.603. The second-order valence-corrected chi connectivity index (χ2v) is 17.8. The van der Waals surface area contributed by atoms with Crippen LogP contribution in [0.25, 0.3) is 0 Å². The van der Waals surface area contributed by atoms with E-state index in [1.165, 1.54) is 83.5 Å². The van der Waals surface area contributed by atoms with Crippen molar-refractivity contribution in [3.8, 4) is 0 Å². The minimum Gasteiger partial charge on any atom is -0.462 e. The molecule has 0 heterocycles. The molecule has 0 unspecified atom stereocenters. The van der Waals surface area contributed by atoms with Gasteiger partial charge in [0.25, 0.3) is 0 Å². The second kappa shape index (κ2) is 56.1.